The molecule has 1 amide bonds. The first-order valence-corrected chi connectivity index (χ1v) is 10.4. The lowest BCUT2D eigenvalue weighted by Crippen LogP contribution is -2.14. The third-order valence-corrected chi connectivity index (χ3v) is 5.13. The minimum atomic E-state index is -3.31. The fraction of sp³-hybridized carbons (Fsp3) is 0.278. The number of carbonyl (C=O) groups is 1. The predicted molar refractivity (Wildman–Crippen MR) is 102 cm³/mol. The van der Waals surface area contributed by atoms with Crippen LogP contribution in [0, 0.1) is 6.92 Å². The van der Waals surface area contributed by atoms with Gasteiger partial charge >= 0.3 is 0 Å². The van der Waals surface area contributed by atoms with Crippen molar-refractivity contribution in [3.8, 4) is 5.75 Å². The smallest absolute Gasteiger partial charge is 0.224 e. The fourth-order valence-corrected chi connectivity index (χ4v) is 3.18. The normalized spacial score (nSPS) is 11.2. The molecule has 0 aliphatic carbocycles. The van der Waals surface area contributed by atoms with E-state index in [0.29, 0.717) is 18.7 Å². The van der Waals surface area contributed by atoms with Gasteiger partial charge < -0.3 is 10.1 Å². The lowest BCUT2D eigenvalue weighted by atomic mass is 10.2. The second-order valence-corrected chi connectivity index (χ2v) is 8.64. The van der Waals surface area contributed by atoms with Crippen LogP contribution in [0.2, 0.25) is 0 Å². The molecule has 2 aromatic rings. The Bertz CT molecular complexity index is 865. The van der Waals surface area contributed by atoms with E-state index in [9.17, 15) is 13.2 Å². The van der Waals surface area contributed by atoms with Crippen molar-refractivity contribution in [2.24, 2.45) is 0 Å². The van der Waals surface area contributed by atoms with Crippen molar-refractivity contribution in [3.63, 3.8) is 0 Å². The molecule has 25 heavy (non-hydrogen) atoms. The number of sulfone groups is 1. The number of hydrogen-bond acceptors (Lipinski definition) is 4. The number of halogens is 1. The number of nitrogens with one attached hydrogen (secondary N) is 1. The average Bonchev–Trinajstić information content (AvgIpc) is 2.53. The van der Waals surface area contributed by atoms with Crippen molar-refractivity contribution in [1.82, 2.24) is 0 Å². The molecule has 0 aromatic heterocycles. The molecule has 0 radical (unpaired) electrons. The van der Waals surface area contributed by atoms with Gasteiger partial charge in [-0.05, 0) is 49.2 Å². The highest BCUT2D eigenvalue weighted by Gasteiger charge is 2.11. The van der Waals surface area contributed by atoms with E-state index in [2.05, 4.69) is 21.2 Å². The van der Waals surface area contributed by atoms with Crippen molar-refractivity contribution in [2.75, 3.05) is 18.2 Å². The quantitative estimate of drug-likeness (QED) is 0.681. The molecule has 134 valence electrons. The highest BCUT2D eigenvalue weighted by molar-refractivity contribution is 9.10. The van der Waals surface area contributed by atoms with Gasteiger partial charge in [-0.15, -0.1) is 0 Å². The summed E-state index contributed by atoms with van der Waals surface area (Å²) < 4.78 is 29.8. The summed E-state index contributed by atoms with van der Waals surface area (Å²) in [5.41, 5.74) is 1.33. The van der Waals surface area contributed by atoms with E-state index in [1.807, 2.05) is 31.2 Å². The Hall–Kier alpha value is -1.86. The third-order valence-electron chi connectivity index (χ3n) is 3.52. The minimum Gasteiger partial charge on any atom is -0.494 e. The van der Waals surface area contributed by atoms with Crippen LogP contribution in [0.3, 0.4) is 0 Å². The second kappa shape index (κ2) is 8.49. The maximum absolute atomic E-state index is 12.1. The van der Waals surface area contributed by atoms with Gasteiger partial charge in [-0.1, -0.05) is 28.1 Å². The lowest BCUT2D eigenvalue weighted by molar-refractivity contribution is -0.116. The summed E-state index contributed by atoms with van der Waals surface area (Å²) in [6.07, 6.45) is 1.99. The molecule has 0 saturated heterocycles. The highest BCUT2D eigenvalue weighted by atomic mass is 79.9. The number of benzene rings is 2. The second-order valence-electron chi connectivity index (χ2n) is 5.71. The van der Waals surface area contributed by atoms with E-state index >= 15 is 0 Å². The standard InChI is InChI=1S/C18H20BrNO4S/c1-13-8-9-16(25(2,22)23)12-17(13)20-18(21)7-4-10-24-15-6-3-5-14(19)11-15/h3,5-6,8-9,11-12H,4,7,10H2,1-2H3,(H,20,21). The molecule has 0 unspecified atom stereocenters. The molecular weight excluding hydrogens is 406 g/mol. The Morgan fingerprint density at radius 1 is 1.20 bits per heavy atom. The van der Waals surface area contributed by atoms with Crippen LogP contribution in [-0.2, 0) is 14.6 Å². The first-order valence-electron chi connectivity index (χ1n) is 7.74. The molecule has 0 aliphatic rings. The van der Waals surface area contributed by atoms with Gasteiger partial charge in [0.1, 0.15) is 5.75 Å². The molecule has 0 bridgehead atoms. The molecule has 0 aliphatic heterocycles. The molecular formula is C18H20BrNO4S. The van der Waals surface area contributed by atoms with Gasteiger partial charge in [-0.2, -0.15) is 0 Å². The van der Waals surface area contributed by atoms with Gasteiger partial charge in [0.2, 0.25) is 5.91 Å². The number of rotatable bonds is 7. The Morgan fingerprint density at radius 2 is 1.96 bits per heavy atom. The van der Waals surface area contributed by atoms with Gasteiger partial charge in [0.15, 0.2) is 9.84 Å². The Kier molecular flexibility index (Phi) is 6.61. The number of aryl methyl sites for hydroxylation is 1. The Balaban J connectivity index is 1.86. The Morgan fingerprint density at radius 3 is 2.64 bits per heavy atom. The predicted octanol–water partition coefficient (Wildman–Crippen LogP) is 3.96. The third kappa shape index (κ3) is 6.17. The molecule has 0 heterocycles. The van der Waals surface area contributed by atoms with E-state index in [4.69, 9.17) is 4.74 Å². The summed E-state index contributed by atoms with van der Waals surface area (Å²) in [6.45, 7) is 2.24. The summed E-state index contributed by atoms with van der Waals surface area (Å²) in [4.78, 5) is 12.3. The number of anilines is 1. The average molecular weight is 426 g/mol. The van der Waals surface area contributed by atoms with E-state index in [1.165, 1.54) is 12.1 Å². The lowest BCUT2D eigenvalue weighted by Gasteiger charge is -2.10. The van der Waals surface area contributed by atoms with E-state index in [-0.39, 0.29) is 17.2 Å². The molecule has 1 N–H and O–H groups in total. The summed E-state index contributed by atoms with van der Waals surface area (Å²) in [6, 6.07) is 12.2. The SMILES string of the molecule is Cc1ccc(S(C)(=O)=O)cc1NC(=O)CCCOc1cccc(Br)c1. The van der Waals surface area contributed by atoms with Crippen LogP contribution in [-0.4, -0.2) is 27.2 Å². The zero-order chi connectivity index (χ0) is 18.4. The highest BCUT2D eigenvalue weighted by Crippen LogP contribution is 2.21. The van der Waals surface area contributed by atoms with Crippen LogP contribution in [0.25, 0.3) is 0 Å². The summed E-state index contributed by atoms with van der Waals surface area (Å²) in [7, 11) is -3.31. The van der Waals surface area contributed by atoms with Gasteiger partial charge in [0.25, 0.3) is 0 Å². The zero-order valence-corrected chi connectivity index (χ0v) is 16.5. The van der Waals surface area contributed by atoms with Gasteiger partial charge in [0, 0.05) is 22.8 Å². The molecule has 0 saturated carbocycles. The number of carbonyl (C=O) groups excluding carboxylic acids is 1. The molecule has 5 nitrogen and oxygen atoms in total. The van der Waals surface area contributed by atoms with E-state index in [0.717, 1.165) is 22.0 Å². The number of amides is 1. The molecule has 2 rings (SSSR count). The fourth-order valence-electron chi connectivity index (χ4n) is 2.16. The summed E-state index contributed by atoms with van der Waals surface area (Å²) >= 11 is 3.37. The Labute approximate surface area is 156 Å². The van der Waals surface area contributed by atoms with Crippen molar-refractivity contribution in [1.29, 1.82) is 0 Å². The molecule has 0 spiro atoms. The topological polar surface area (TPSA) is 72.5 Å². The van der Waals surface area contributed by atoms with Gasteiger partial charge in [0.05, 0.1) is 11.5 Å². The van der Waals surface area contributed by atoms with Crippen LogP contribution >= 0.6 is 15.9 Å². The van der Waals surface area contributed by atoms with Gasteiger partial charge in [-0.3, -0.25) is 4.79 Å². The number of hydrogen-bond donors (Lipinski definition) is 1. The minimum absolute atomic E-state index is 0.174. The van der Waals surface area contributed by atoms with Crippen molar-refractivity contribution < 1.29 is 17.9 Å². The van der Waals surface area contributed by atoms with Crippen molar-refractivity contribution in [3.05, 3.63) is 52.5 Å². The summed E-state index contributed by atoms with van der Waals surface area (Å²) in [5, 5.41) is 2.76. The summed E-state index contributed by atoms with van der Waals surface area (Å²) in [5.74, 6) is 0.568. The monoisotopic (exact) mass is 425 g/mol. The number of ether oxygens (including phenoxy) is 1. The van der Waals surface area contributed by atoms with E-state index < -0.39 is 9.84 Å². The van der Waals surface area contributed by atoms with Crippen LogP contribution in [0.15, 0.2) is 51.8 Å². The maximum Gasteiger partial charge on any atom is 0.224 e. The van der Waals surface area contributed by atoms with Crippen molar-refractivity contribution in [2.45, 2.75) is 24.7 Å². The van der Waals surface area contributed by atoms with Crippen molar-refractivity contribution >= 4 is 37.4 Å². The van der Waals surface area contributed by atoms with Crippen LogP contribution < -0.4 is 10.1 Å². The first-order chi connectivity index (χ1) is 11.8. The molecule has 0 atom stereocenters. The largest absolute Gasteiger partial charge is 0.494 e. The molecule has 7 heteroatoms. The van der Waals surface area contributed by atoms with Crippen LogP contribution in [0.1, 0.15) is 18.4 Å². The van der Waals surface area contributed by atoms with Crippen LogP contribution in [0.4, 0.5) is 5.69 Å². The zero-order valence-electron chi connectivity index (χ0n) is 14.1. The molecule has 0 fully saturated rings. The van der Waals surface area contributed by atoms with E-state index in [1.54, 1.807) is 6.07 Å². The first kappa shape index (κ1) is 19.5. The van der Waals surface area contributed by atoms with Crippen LogP contribution in [0.5, 0.6) is 5.75 Å². The van der Waals surface area contributed by atoms with Gasteiger partial charge in [-0.25, -0.2) is 8.42 Å². The maximum atomic E-state index is 12.1. The molecule has 2 aromatic carbocycles.